The molecule has 6 nitrogen and oxygen atoms in total. The molecule has 2 aromatic heterocycles. The molecule has 1 aliphatic heterocycles. The van der Waals surface area contributed by atoms with Gasteiger partial charge in [0, 0.05) is 31.4 Å². The number of carbonyl (C=O) groups excluding carboxylic acids is 1. The third-order valence-corrected chi connectivity index (χ3v) is 5.16. The lowest BCUT2D eigenvalue weighted by molar-refractivity contribution is 0.0652. The quantitative estimate of drug-likeness (QED) is 0.861. The van der Waals surface area contributed by atoms with Crippen molar-refractivity contribution in [2.45, 2.75) is 64.0 Å². The maximum atomic E-state index is 13.3. The highest BCUT2D eigenvalue weighted by atomic mass is 16.2. The summed E-state index contributed by atoms with van der Waals surface area (Å²) in [5, 5.41) is 9.14. The van der Waals surface area contributed by atoms with Gasteiger partial charge in [0.1, 0.15) is 5.69 Å². The standard InChI is InChI=1S/C19H27N5O/c1-19(2,3)24-17(12-16(21-24)14-7-8-14)18(25)22-10-4-6-15(13-22)23-11-5-9-20-23/h5,9,11-12,14-15H,4,6-8,10,13H2,1-3H3/t15-/m0/s1. The molecule has 0 unspecified atom stereocenters. The van der Waals surface area contributed by atoms with Crippen molar-refractivity contribution in [1.29, 1.82) is 0 Å². The van der Waals surface area contributed by atoms with Crippen molar-refractivity contribution in [2.24, 2.45) is 0 Å². The van der Waals surface area contributed by atoms with E-state index in [1.807, 2.05) is 32.6 Å². The van der Waals surface area contributed by atoms with Crippen LogP contribution in [0.4, 0.5) is 0 Å². The monoisotopic (exact) mass is 341 g/mol. The number of carbonyl (C=O) groups is 1. The first-order chi connectivity index (χ1) is 11.9. The van der Waals surface area contributed by atoms with E-state index < -0.39 is 0 Å². The molecule has 0 bridgehead atoms. The fourth-order valence-corrected chi connectivity index (χ4v) is 3.66. The van der Waals surface area contributed by atoms with Gasteiger partial charge in [-0.05, 0) is 58.6 Å². The van der Waals surface area contributed by atoms with Crippen LogP contribution in [-0.4, -0.2) is 43.5 Å². The number of amides is 1. The second kappa shape index (κ2) is 6.00. The van der Waals surface area contributed by atoms with Crippen LogP contribution in [0.3, 0.4) is 0 Å². The van der Waals surface area contributed by atoms with Crippen LogP contribution in [0.5, 0.6) is 0 Å². The van der Waals surface area contributed by atoms with Gasteiger partial charge in [-0.3, -0.25) is 14.2 Å². The van der Waals surface area contributed by atoms with Crippen LogP contribution < -0.4 is 0 Å². The van der Waals surface area contributed by atoms with Gasteiger partial charge in [0.25, 0.3) is 5.91 Å². The maximum absolute atomic E-state index is 13.3. The van der Waals surface area contributed by atoms with Gasteiger partial charge >= 0.3 is 0 Å². The normalized spacial score (nSPS) is 21.6. The van der Waals surface area contributed by atoms with E-state index in [1.54, 1.807) is 6.20 Å². The fraction of sp³-hybridized carbons (Fsp3) is 0.632. The molecule has 1 aliphatic carbocycles. The molecular weight excluding hydrogens is 314 g/mol. The summed E-state index contributed by atoms with van der Waals surface area (Å²) in [5.74, 6) is 0.652. The summed E-state index contributed by atoms with van der Waals surface area (Å²) in [6.07, 6.45) is 8.26. The molecule has 2 fully saturated rings. The van der Waals surface area contributed by atoms with Crippen molar-refractivity contribution in [3.63, 3.8) is 0 Å². The fourth-order valence-electron chi connectivity index (χ4n) is 3.66. The van der Waals surface area contributed by atoms with Crippen molar-refractivity contribution >= 4 is 5.91 Å². The van der Waals surface area contributed by atoms with E-state index in [0.29, 0.717) is 12.5 Å². The molecule has 1 saturated heterocycles. The Bertz CT molecular complexity index is 751. The van der Waals surface area contributed by atoms with Crippen LogP contribution in [0, 0.1) is 0 Å². The van der Waals surface area contributed by atoms with Gasteiger partial charge in [-0.15, -0.1) is 0 Å². The van der Waals surface area contributed by atoms with Gasteiger partial charge in [0.15, 0.2) is 0 Å². The van der Waals surface area contributed by atoms with E-state index in [2.05, 4.69) is 25.9 Å². The molecule has 0 aromatic carbocycles. The van der Waals surface area contributed by atoms with Crippen LogP contribution in [-0.2, 0) is 5.54 Å². The van der Waals surface area contributed by atoms with E-state index in [-0.39, 0.29) is 17.5 Å². The second-order valence-electron chi connectivity index (χ2n) is 8.34. The molecule has 4 rings (SSSR count). The van der Waals surface area contributed by atoms with Gasteiger partial charge in [-0.1, -0.05) is 0 Å². The van der Waals surface area contributed by atoms with E-state index in [4.69, 9.17) is 5.10 Å². The molecule has 2 aliphatic rings. The molecule has 1 amide bonds. The molecule has 1 saturated carbocycles. The Labute approximate surface area is 148 Å². The predicted octanol–water partition coefficient (Wildman–Crippen LogP) is 3.19. The summed E-state index contributed by atoms with van der Waals surface area (Å²) >= 11 is 0. The van der Waals surface area contributed by atoms with Gasteiger partial charge < -0.3 is 4.90 Å². The van der Waals surface area contributed by atoms with Gasteiger partial charge in [0.05, 0.1) is 17.3 Å². The van der Waals surface area contributed by atoms with Crippen LogP contribution in [0.2, 0.25) is 0 Å². The van der Waals surface area contributed by atoms with Gasteiger partial charge in [-0.2, -0.15) is 10.2 Å². The summed E-state index contributed by atoms with van der Waals surface area (Å²) in [6, 6.07) is 4.24. The Morgan fingerprint density at radius 2 is 2.04 bits per heavy atom. The van der Waals surface area contributed by atoms with Crippen LogP contribution in [0.15, 0.2) is 24.5 Å². The highest BCUT2D eigenvalue weighted by molar-refractivity contribution is 5.93. The second-order valence-corrected chi connectivity index (χ2v) is 8.34. The average Bonchev–Trinajstić information content (AvgIpc) is 3.12. The molecule has 25 heavy (non-hydrogen) atoms. The maximum Gasteiger partial charge on any atom is 0.272 e. The summed E-state index contributed by atoms with van der Waals surface area (Å²) in [4.78, 5) is 15.3. The summed E-state index contributed by atoms with van der Waals surface area (Å²) in [6.45, 7) is 7.85. The Kier molecular flexibility index (Phi) is 3.93. The number of aromatic nitrogens is 4. The number of piperidine rings is 1. The van der Waals surface area contributed by atoms with E-state index >= 15 is 0 Å². The van der Waals surface area contributed by atoms with Crippen molar-refractivity contribution in [3.8, 4) is 0 Å². The molecule has 0 radical (unpaired) electrons. The van der Waals surface area contributed by atoms with Gasteiger partial charge in [0.2, 0.25) is 0 Å². The SMILES string of the molecule is CC(C)(C)n1nc(C2CC2)cc1C(=O)N1CCC[C@H](n2cccn2)C1. The molecule has 2 aromatic rings. The number of hydrogen-bond acceptors (Lipinski definition) is 3. The largest absolute Gasteiger partial charge is 0.335 e. The molecule has 134 valence electrons. The number of nitrogens with zero attached hydrogens (tertiary/aromatic N) is 5. The Morgan fingerprint density at radius 3 is 2.68 bits per heavy atom. The minimum absolute atomic E-state index is 0.103. The first kappa shape index (κ1) is 16.4. The number of likely N-dealkylation sites (tertiary alicyclic amines) is 1. The smallest absolute Gasteiger partial charge is 0.272 e. The van der Waals surface area contributed by atoms with E-state index in [9.17, 15) is 4.79 Å². The van der Waals surface area contributed by atoms with Crippen molar-refractivity contribution < 1.29 is 4.79 Å². The third kappa shape index (κ3) is 3.22. The zero-order valence-electron chi connectivity index (χ0n) is 15.4. The highest BCUT2D eigenvalue weighted by Crippen LogP contribution is 2.40. The van der Waals surface area contributed by atoms with E-state index in [0.717, 1.165) is 30.8 Å². The van der Waals surface area contributed by atoms with E-state index in [1.165, 1.54) is 12.8 Å². The summed E-state index contributed by atoms with van der Waals surface area (Å²) in [7, 11) is 0. The first-order valence-electron chi connectivity index (χ1n) is 9.32. The molecular formula is C19H27N5O. The van der Waals surface area contributed by atoms with Crippen molar-refractivity contribution in [3.05, 3.63) is 35.9 Å². The molecule has 3 heterocycles. The Hall–Kier alpha value is -2.11. The van der Waals surface area contributed by atoms with Crippen LogP contribution >= 0.6 is 0 Å². The zero-order chi connectivity index (χ0) is 17.6. The first-order valence-corrected chi connectivity index (χ1v) is 9.32. The summed E-state index contributed by atoms with van der Waals surface area (Å²) in [5.41, 5.74) is 1.62. The predicted molar refractivity (Wildman–Crippen MR) is 95.6 cm³/mol. The molecule has 0 spiro atoms. The van der Waals surface area contributed by atoms with Gasteiger partial charge in [-0.25, -0.2) is 0 Å². The van der Waals surface area contributed by atoms with Crippen LogP contribution in [0.25, 0.3) is 0 Å². The molecule has 6 heteroatoms. The van der Waals surface area contributed by atoms with Crippen LogP contribution in [0.1, 0.15) is 74.6 Å². The van der Waals surface area contributed by atoms with Crippen molar-refractivity contribution in [2.75, 3.05) is 13.1 Å². The lowest BCUT2D eigenvalue weighted by Crippen LogP contribution is -2.42. The molecule has 1 atom stereocenters. The lowest BCUT2D eigenvalue weighted by Gasteiger charge is -2.33. The number of rotatable bonds is 3. The lowest BCUT2D eigenvalue weighted by atomic mass is 10.0. The number of hydrogen-bond donors (Lipinski definition) is 0. The summed E-state index contributed by atoms with van der Waals surface area (Å²) < 4.78 is 3.91. The average molecular weight is 341 g/mol. The topological polar surface area (TPSA) is 56.0 Å². The minimum Gasteiger partial charge on any atom is -0.335 e. The Balaban J connectivity index is 1.59. The third-order valence-electron chi connectivity index (χ3n) is 5.16. The molecule has 0 N–H and O–H groups in total. The Morgan fingerprint density at radius 1 is 1.24 bits per heavy atom. The minimum atomic E-state index is -0.199. The zero-order valence-corrected chi connectivity index (χ0v) is 15.4. The highest BCUT2D eigenvalue weighted by Gasteiger charge is 2.34. The van der Waals surface area contributed by atoms with Crippen molar-refractivity contribution in [1.82, 2.24) is 24.5 Å².